The quantitative estimate of drug-likeness (QED) is 0.501. The fourth-order valence-corrected chi connectivity index (χ4v) is 4.01. The standard InChI is InChI=1S/C25H24FN3O/c1-5-22-24(28-23-13-20(25(30)27-4)21(26)14-29(22)23)19-9-7-6-8-18(19)17-11-10-15(2)12-16(17)3/h6-14H,5H2,1-4H3,(H,27,30). The monoisotopic (exact) mass is 401 g/mol. The number of carbonyl (C=O) groups excluding carboxylic acids is 1. The molecule has 0 saturated carbocycles. The molecule has 0 aliphatic carbocycles. The summed E-state index contributed by atoms with van der Waals surface area (Å²) in [4.78, 5) is 16.8. The van der Waals surface area contributed by atoms with Gasteiger partial charge in [0.05, 0.1) is 17.0 Å². The van der Waals surface area contributed by atoms with Crippen LogP contribution in [0.15, 0.2) is 54.7 Å². The Morgan fingerprint density at radius 3 is 2.47 bits per heavy atom. The summed E-state index contributed by atoms with van der Waals surface area (Å²) < 4.78 is 16.4. The highest BCUT2D eigenvalue weighted by molar-refractivity contribution is 5.95. The number of amides is 1. The van der Waals surface area contributed by atoms with Gasteiger partial charge in [-0.3, -0.25) is 4.79 Å². The van der Waals surface area contributed by atoms with Crippen molar-refractivity contribution in [1.82, 2.24) is 14.7 Å². The van der Waals surface area contributed by atoms with Crippen molar-refractivity contribution in [3.63, 3.8) is 0 Å². The first-order chi connectivity index (χ1) is 14.4. The predicted molar refractivity (Wildman–Crippen MR) is 118 cm³/mol. The Balaban J connectivity index is 1.97. The Hall–Kier alpha value is -3.47. The average Bonchev–Trinajstić information content (AvgIpc) is 3.09. The number of pyridine rings is 1. The van der Waals surface area contributed by atoms with Crippen LogP contribution in [0.5, 0.6) is 0 Å². The van der Waals surface area contributed by atoms with Crippen LogP contribution in [0.4, 0.5) is 4.39 Å². The number of hydrogen-bond donors (Lipinski definition) is 1. The van der Waals surface area contributed by atoms with Crippen molar-refractivity contribution in [3.8, 4) is 22.4 Å². The Labute approximate surface area is 175 Å². The number of nitrogens with one attached hydrogen (secondary N) is 1. The van der Waals surface area contributed by atoms with E-state index in [1.807, 2.05) is 25.1 Å². The minimum Gasteiger partial charge on any atom is -0.355 e. The third-order valence-electron chi connectivity index (χ3n) is 5.47. The van der Waals surface area contributed by atoms with E-state index in [-0.39, 0.29) is 5.56 Å². The predicted octanol–water partition coefficient (Wildman–Crippen LogP) is 5.35. The van der Waals surface area contributed by atoms with Crippen LogP contribution in [-0.2, 0) is 6.42 Å². The molecule has 0 saturated heterocycles. The van der Waals surface area contributed by atoms with E-state index in [9.17, 15) is 9.18 Å². The van der Waals surface area contributed by atoms with Gasteiger partial charge >= 0.3 is 0 Å². The fraction of sp³-hybridized carbons (Fsp3) is 0.200. The molecular weight excluding hydrogens is 377 g/mol. The summed E-state index contributed by atoms with van der Waals surface area (Å²) in [7, 11) is 1.49. The zero-order chi connectivity index (χ0) is 21.4. The molecule has 1 amide bonds. The van der Waals surface area contributed by atoms with Crippen LogP contribution in [-0.4, -0.2) is 22.3 Å². The van der Waals surface area contributed by atoms with Crippen LogP contribution < -0.4 is 5.32 Å². The minimum atomic E-state index is -0.567. The number of aryl methyl sites for hydroxylation is 3. The molecule has 0 aliphatic rings. The summed E-state index contributed by atoms with van der Waals surface area (Å²) in [5.74, 6) is -1.03. The Bertz CT molecular complexity index is 1270. The normalized spacial score (nSPS) is 11.1. The van der Waals surface area contributed by atoms with Crippen LogP contribution in [0, 0.1) is 19.7 Å². The second kappa shape index (κ2) is 7.75. The second-order valence-electron chi connectivity index (χ2n) is 7.47. The number of halogens is 1. The molecule has 0 unspecified atom stereocenters. The van der Waals surface area contributed by atoms with E-state index in [0.717, 1.165) is 28.1 Å². The van der Waals surface area contributed by atoms with Crippen LogP contribution in [0.3, 0.4) is 0 Å². The van der Waals surface area contributed by atoms with Gasteiger partial charge in [-0.1, -0.05) is 55.0 Å². The SMILES string of the molecule is CCc1c(-c2ccccc2-c2ccc(C)cc2C)nc2cc(C(=O)NC)c(F)cn12. The molecule has 4 nitrogen and oxygen atoms in total. The largest absolute Gasteiger partial charge is 0.355 e. The highest BCUT2D eigenvalue weighted by atomic mass is 19.1. The molecule has 4 rings (SSSR count). The van der Waals surface area contributed by atoms with Gasteiger partial charge in [-0.25, -0.2) is 9.37 Å². The van der Waals surface area contributed by atoms with Gasteiger partial charge in [-0.15, -0.1) is 0 Å². The molecule has 5 heteroatoms. The Morgan fingerprint density at radius 2 is 1.80 bits per heavy atom. The van der Waals surface area contributed by atoms with E-state index in [1.165, 1.54) is 30.4 Å². The van der Waals surface area contributed by atoms with Gasteiger partial charge in [-0.2, -0.15) is 0 Å². The summed E-state index contributed by atoms with van der Waals surface area (Å²) >= 11 is 0. The number of carbonyl (C=O) groups is 1. The first-order valence-electron chi connectivity index (χ1n) is 10.0. The van der Waals surface area contributed by atoms with E-state index in [1.54, 1.807) is 4.40 Å². The summed E-state index contributed by atoms with van der Waals surface area (Å²) in [5.41, 5.74) is 7.89. The summed E-state index contributed by atoms with van der Waals surface area (Å²) in [5, 5.41) is 2.48. The first kappa shape index (κ1) is 19.8. The second-order valence-corrected chi connectivity index (χ2v) is 7.47. The van der Waals surface area contributed by atoms with E-state index < -0.39 is 11.7 Å². The lowest BCUT2D eigenvalue weighted by atomic mass is 9.93. The maximum absolute atomic E-state index is 14.6. The summed E-state index contributed by atoms with van der Waals surface area (Å²) in [6.07, 6.45) is 2.03. The highest BCUT2D eigenvalue weighted by Gasteiger charge is 2.20. The lowest BCUT2D eigenvalue weighted by molar-refractivity contribution is 0.0959. The average molecular weight is 401 g/mol. The molecule has 0 atom stereocenters. The van der Waals surface area contributed by atoms with E-state index >= 15 is 0 Å². The van der Waals surface area contributed by atoms with Crippen molar-refractivity contribution < 1.29 is 9.18 Å². The van der Waals surface area contributed by atoms with Gasteiger partial charge in [0.1, 0.15) is 5.65 Å². The molecule has 2 heterocycles. The van der Waals surface area contributed by atoms with Gasteiger partial charge in [0.25, 0.3) is 5.91 Å². The van der Waals surface area contributed by atoms with Crippen molar-refractivity contribution >= 4 is 11.6 Å². The number of rotatable bonds is 4. The third kappa shape index (κ3) is 3.26. The molecule has 2 aromatic heterocycles. The van der Waals surface area contributed by atoms with Crippen molar-refractivity contribution in [1.29, 1.82) is 0 Å². The van der Waals surface area contributed by atoms with Crippen LogP contribution in [0.25, 0.3) is 28.0 Å². The van der Waals surface area contributed by atoms with E-state index in [4.69, 9.17) is 4.98 Å². The third-order valence-corrected chi connectivity index (χ3v) is 5.47. The zero-order valence-electron chi connectivity index (χ0n) is 17.6. The molecule has 4 aromatic rings. The molecule has 2 aromatic carbocycles. The number of nitrogens with zero attached hydrogens (tertiary/aromatic N) is 2. The zero-order valence-corrected chi connectivity index (χ0v) is 17.6. The van der Waals surface area contributed by atoms with Gasteiger partial charge in [0.15, 0.2) is 5.82 Å². The Kier molecular flexibility index (Phi) is 5.12. The molecular formula is C25H24FN3O. The number of fused-ring (bicyclic) bond motifs is 1. The molecule has 0 spiro atoms. The van der Waals surface area contributed by atoms with Gasteiger partial charge in [0.2, 0.25) is 0 Å². The summed E-state index contributed by atoms with van der Waals surface area (Å²) in [6.45, 7) is 6.21. The number of imidazole rings is 1. The molecule has 1 N–H and O–H groups in total. The van der Waals surface area contributed by atoms with E-state index in [0.29, 0.717) is 12.1 Å². The Morgan fingerprint density at radius 1 is 1.07 bits per heavy atom. The maximum Gasteiger partial charge on any atom is 0.254 e. The molecule has 30 heavy (non-hydrogen) atoms. The first-order valence-corrected chi connectivity index (χ1v) is 10.0. The molecule has 152 valence electrons. The topological polar surface area (TPSA) is 46.4 Å². The van der Waals surface area contributed by atoms with Crippen molar-refractivity contribution in [3.05, 3.63) is 82.9 Å². The van der Waals surface area contributed by atoms with Crippen molar-refractivity contribution in [2.24, 2.45) is 0 Å². The van der Waals surface area contributed by atoms with Crippen LogP contribution >= 0.6 is 0 Å². The maximum atomic E-state index is 14.6. The number of aromatic nitrogens is 2. The van der Waals surface area contributed by atoms with Crippen LogP contribution in [0.1, 0.15) is 34.1 Å². The molecule has 0 aliphatic heterocycles. The molecule has 0 bridgehead atoms. The molecule has 0 radical (unpaired) electrons. The van der Waals surface area contributed by atoms with E-state index in [2.05, 4.69) is 43.4 Å². The number of hydrogen-bond acceptors (Lipinski definition) is 2. The smallest absolute Gasteiger partial charge is 0.254 e. The molecule has 0 fully saturated rings. The number of benzene rings is 2. The van der Waals surface area contributed by atoms with Gasteiger partial charge < -0.3 is 9.72 Å². The fourth-order valence-electron chi connectivity index (χ4n) is 4.01. The van der Waals surface area contributed by atoms with Gasteiger partial charge in [-0.05, 0) is 43.0 Å². The van der Waals surface area contributed by atoms with Crippen molar-refractivity contribution in [2.75, 3.05) is 7.05 Å². The lowest BCUT2D eigenvalue weighted by Gasteiger charge is -2.12. The van der Waals surface area contributed by atoms with Crippen molar-refractivity contribution in [2.45, 2.75) is 27.2 Å². The lowest BCUT2D eigenvalue weighted by Crippen LogP contribution is -2.19. The van der Waals surface area contributed by atoms with Crippen LogP contribution in [0.2, 0.25) is 0 Å². The minimum absolute atomic E-state index is 0.00753. The summed E-state index contributed by atoms with van der Waals surface area (Å²) in [6, 6.07) is 16.1. The van der Waals surface area contributed by atoms with Gasteiger partial charge in [0, 0.05) is 18.8 Å². The highest BCUT2D eigenvalue weighted by Crippen LogP contribution is 2.36.